The predicted octanol–water partition coefficient (Wildman–Crippen LogP) is 4.36. The molecule has 0 bridgehead atoms. The minimum absolute atomic E-state index is 0.0300. The number of hydrogen-bond donors (Lipinski definition) is 1. The van der Waals surface area contributed by atoms with E-state index >= 15 is 0 Å². The molecule has 0 aliphatic carbocycles. The largest absolute Gasteiger partial charge is 0.507 e. The van der Waals surface area contributed by atoms with Crippen molar-refractivity contribution in [2.45, 2.75) is 6.04 Å². The van der Waals surface area contributed by atoms with Crippen molar-refractivity contribution in [2.75, 3.05) is 4.90 Å². The molecule has 0 radical (unpaired) electrons. The summed E-state index contributed by atoms with van der Waals surface area (Å²) in [7, 11) is 0. The maximum absolute atomic E-state index is 12.9. The fourth-order valence-electron chi connectivity index (χ4n) is 3.31. The average Bonchev–Trinajstić information content (AvgIpc) is 3.00. The van der Waals surface area contributed by atoms with E-state index in [1.54, 1.807) is 42.6 Å². The van der Waals surface area contributed by atoms with Crippen LogP contribution in [0.25, 0.3) is 5.76 Å². The lowest BCUT2D eigenvalue weighted by Gasteiger charge is -2.25. The minimum Gasteiger partial charge on any atom is -0.507 e. The second kappa shape index (κ2) is 7.29. The Morgan fingerprint density at radius 1 is 0.964 bits per heavy atom. The topological polar surface area (TPSA) is 70.5 Å². The number of carbonyl (C=O) groups excluding carboxylic acids is 2. The summed E-state index contributed by atoms with van der Waals surface area (Å²) in [5.41, 5.74) is 1.63. The van der Waals surface area contributed by atoms with Crippen LogP contribution in [0.1, 0.15) is 17.2 Å². The number of amides is 1. The van der Waals surface area contributed by atoms with Gasteiger partial charge in [0, 0.05) is 16.8 Å². The van der Waals surface area contributed by atoms with Gasteiger partial charge in [-0.25, -0.2) is 0 Å². The SMILES string of the molecule is O=C1C(=O)N(c2cccnc2)C(c2ccccc2)C1=C(O)c1ccc(Cl)cc1. The van der Waals surface area contributed by atoms with Crippen LogP contribution in [0.4, 0.5) is 5.69 Å². The van der Waals surface area contributed by atoms with Gasteiger partial charge >= 0.3 is 0 Å². The van der Waals surface area contributed by atoms with Gasteiger partial charge < -0.3 is 5.11 Å². The summed E-state index contributed by atoms with van der Waals surface area (Å²) in [6.07, 6.45) is 3.11. The van der Waals surface area contributed by atoms with Gasteiger partial charge in [0.15, 0.2) is 0 Å². The van der Waals surface area contributed by atoms with Crippen LogP contribution in [0, 0.1) is 0 Å². The molecule has 3 aromatic rings. The van der Waals surface area contributed by atoms with E-state index in [2.05, 4.69) is 4.98 Å². The Bertz CT molecular complexity index is 1060. The van der Waals surface area contributed by atoms with E-state index in [0.717, 1.165) is 0 Å². The predicted molar refractivity (Wildman–Crippen MR) is 107 cm³/mol. The van der Waals surface area contributed by atoms with Gasteiger partial charge in [-0.15, -0.1) is 0 Å². The number of halogens is 1. The Hall–Kier alpha value is -3.44. The monoisotopic (exact) mass is 390 g/mol. The molecule has 2 aromatic carbocycles. The lowest BCUT2D eigenvalue weighted by atomic mass is 9.95. The zero-order chi connectivity index (χ0) is 19.7. The smallest absolute Gasteiger partial charge is 0.300 e. The second-order valence-corrected chi connectivity index (χ2v) is 6.73. The highest BCUT2D eigenvalue weighted by molar-refractivity contribution is 6.51. The number of aliphatic hydroxyl groups excluding tert-OH is 1. The Morgan fingerprint density at radius 2 is 1.68 bits per heavy atom. The number of benzene rings is 2. The number of hydrogen-bond acceptors (Lipinski definition) is 4. The van der Waals surface area contributed by atoms with Gasteiger partial charge in [-0.2, -0.15) is 0 Å². The van der Waals surface area contributed by atoms with Gasteiger partial charge in [-0.3, -0.25) is 19.5 Å². The molecule has 1 N–H and O–H groups in total. The van der Waals surface area contributed by atoms with Crippen LogP contribution in [-0.4, -0.2) is 21.8 Å². The fourth-order valence-corrected chi connectivity index (χ4v) is 3.44. The van der Waals surface area contributed by atoms with Crippen molar-refractivity contribution in [3.63, 3.8) is 0 Å². The van der Waals surface area contributed by atoms with Crippen LogP contribution in [-0.2, 0) is 9.59 Å². The molecule has 5 nitrogen and oxygen atoms in total. The van der Waals surface area contributed by atoms with Crippen molar-refractivity contribution in [3.8, 4) is 0 Å². The maximum atomic E-state index is 12.9. The van der Waals surface area contributed by atoms with Crippen LogP contribution in [0.5, 0.6) is 0 Å². The molecule has 138 valence electrons. The molecule has 1 aliphatic heterocycles. The van der Waals surface area contributed by atoms with Gasteiger partial charge in [0.2, 0.25) is 0 Å². The summed E-state index contributed by atoms with van der Waals surface area (Å²) in [5.74, 6) is -1.70. The molecule has 1 aromatic heterocycles. The number of carbonyl (C=O) groups is 2. The average molecular weight is 391 g/mol. The number of pyridine rings is 1. The van der Waals surface area contributed by atoms with Crippen molar-refractivity contribution in [2.24, 2.45) is 0 Å². The number of aliphatic hydroxyl groups is 1. The van der Waals surface area contributed by atoms with Crippen molar-refractivity contribution in [1.82, 2.24) is 4.98 Å². The summed E-state index contributed by atoms with van der Waals surface area (Å²) in [6, 6.07) is 18.2. The standard InChI is InChI=1S/C22H15ClN2O3/c23-16-10-8-15(9-11-16)20(26)18-19(14-5-2-1-3-6-14)25(22(28)21(18)27)17-7-4-12-24-13-17/h1-13,19,26H. The number of aromatic nitrogens is 1. The molecule has 0 spiro atoms. The molecule has 1 unspecified atom stereocenters. The molecular formula is C22H15ClN2O3. The molecule has 1 atom stereocenters. The van der Waals surface area contributed by atoms with Crippen molar-refractivity contribution in [3.05, 3.63) is 101 Å². The first-order valence-electron chi connectivity index (χ1n) is 8.60. The summed E-state index contributed by atoms with van der Waals surface area (Å²) in [5, 5.41) is 11.4. The summed E-state index contributed by atoms with van der Waals surface area (Å²) < 4.78 is 0. The lowest BCUT2D eigenvalue weighted by molar-refractivity contribution is -0.132. The molecule has 1 fully saturated rings. The van der Waals surface area contributed by atoms with Crippen LogP contribution in [0.3, 0.4) is 0 Å². The van der Waals surface area contributed by atoms with Crippen molar-refractivity contribution >= 4 is 34.7 Å². The number of nitrogens with zero attached hydrogens (tertiary/aromatic N) is 2. The van der Waals surface area contributed by atoms with Crippen LogP contribution < -0.4 is 4.90 Å². The third-order valence-electron chi connectivity index (χ3n) is 4.60. The van der Waals surface area contributed by atoms with Crippen LogP contribution in [0.2, 0.25) is 5.02 Å². The number of anilines is 1. The molecule has 4 rings (SSSR count). The van der Waals surface area contributed by atoms with Crippen molar-refractivity contribution in [1.29, 1.82) is 0 Å². The number of ketones is 1. The van der Waals surface area contributed by atoms with E-state index < -0.39 is 17.7 Å². The number of rotatable bonds is 3. The van der Waals surface area contributed by atoms with E-state index in [-0.39, 0.29) is 11.3 Å². The summed E-state index contributed by atoms with van der Waals surface area (Å²) >= 11 is 5.92. The molecular weight excluding hydrogens is 376 g/mol. The van der Waals surface area contributed by atoms with Gasteiger partial charge in [0.25, 0.3) is 11.7 Å². The Kier molecular flexibility index (Phi) is 4.67. The second-order valence-electron chi connectivity index (χ2n) is 6.30. The Morgan fingerprint density at radius 3 is 2.32 bits per heavy atom. The summed E-state index contributed by atoms with van der Waals surface area (Å²) in [6.45, 7) is 0. The van der Waals surface area contributed by atoms with Gasteiger partial charge in [-0.05, 0) is 42.0 Å². The Labute approximate surface area is 166 Å². The van der Waals surface area contributed by atoms with E-state index in [9.17, 15) is 14.7 Å². The quantitative estimate of drug-likeness (QED) is 0.410. The van der Waals surface area contributed by atoms with Gasteiger partial charge in [-0.1, -0.05) is 41.9 Å². The van der Waals surface area contributed by atoms with E-state index in [1.807, 2.05) is 30.3 Å². The zero-order valence-electron chi connectivity index (χ0n) is 14.6. The molecule has 1 amide bonds. The molecule has 1 saturated heterocycles. The highest BCUT2D eigenvalue weighted by Crippen LogP contribution is 2.41. The molecule has 1 aliphatic rings. The molecule has 28 heavy (non-hydrogen) atoms. The normalized spacial score (nSPS) is 18.5. The number of Topliss-reactive ketones (excluding diaryl/α,β-unsaturated/α-hetero) is 1. The zero-order valence-corrected chi connectivity index (χ0v) is 15.4. The van der Waals surface area contributed by atoms with Gasteiger partial charge in [0.05, 0.1) is 23.5 Å². The third-order valence-corrected chi connectivity index (χ3v) is 4.85. The van der Waals surface area contributed by atoms with Crippen LogP contribution in [0.15, 0.2) is 84.7 Å². The van der Waals surface area contributed by atoms with Gasteiger partial charge in [0.1, 0.15) is 5.76 Å². The Balaban J connectivity index is 1.94. The van der Waals surface area contributed by atoms with E-state index in [1.165, 1.54) is 11.1 Å². The molecule has 2 heterocycles. The first-order chi connectivity index (χ1) is 13.6. The van der Waals surface area contributed by atoms with E-state index in [4.69, 9.17) is 11.6 Å². The summed E-state index contributed by atoms with van der Waals surface area (Å²) in [4.78, 5) is 31.2. The van der Waals surface area contributed by atoms with Crippen molar-refractivity contribution < 1.29 is 14.7 Å². The van der Waals surface area contributed by atoms with Crippen LogP contribution >= 0.6 is 11.6 Å². The lowest BCUT2D eigenvalue weighted by Crippen LogP contribution is -2.29. The third kappa shape index (κ3) is 3.06. The minimum atomic E-state index is -0.763. The maximum Gasteiger partial charge on any atom is 0.300 e. The fraction of sp³-hybridized carbons (Fsp3) is 0.0455. The first-order valence-corrected chi connectivity index (χ1v) is 8.97. The highest BCUT2D eigenvalue weighted by atomic mass is 35.5. The molecule has 0 saturated carbocycles. The molecule has 6 heteroatoms. The first kappa shape index (κ1) is 17.9. The van der Waals surface area contributed by atoms with E-state index in [0.29, 0.717) is 21.8 Å². The highest BCUT2D eigenvalue weighted by Gasteiger charge is 2.46.